The summed E-state index contributed by atoms with van der Waals surface area (Å²) >= 11 is 5.65. The van der Waals surface area contributed by atoms with Gasteiger partial charge in [0, 0.05) is 5.88 Å². The smallest absolute Gasteiger partial charge is 0.0575 e. The third kappa shape index (κ3) is 2.61. The molecule has 1 nitrogen and oxygen atoms in total. The predicted molar refractivity (Wildman–Crippen MR) is 63.9 cm³/mol. The van der Waals surface area contributed by atoms with E-state index in [1.807, 2.05) is 6.08 Å². The van der Waals surface area contributed by atoms with E-state index < -0.39 is 0 Å². The second-order valence-electron chi connectivity index (χ2n) is 3.96. The number of nitrogens with one attached hydrogen (secondary N) is 1. The highest BCUT2D eigenvalue weighted by Gasteiger charge is 2.32. The highest BCUT2D eigenvalue weighted by molar-refractivity contribution is 6.17. The highest BCUT2D eigenvalue weighted by atomic mass is 35.5. The normalized spacial score (nSPS) is 26.4. The zero-order valence-electron chi connectivity index (χ0n) is 8.82. The Labute approximate surface area is 92.2 Å². The van der Waals surface area contributed by atoms with Crippen LogP contribution in [0.25, 0.3) is 0 Å². The maximum atomic E-state index is 5.65. The third-order valence-electron chi connectivity index (χ3n) is 3.03. The van der Waals surface area contributed by atoms with Crippen LogP contribution in [0.1, 0.15) is 32.1 Å². The van der Waals surface area contributed by atoms with Crippen molar-refractivity contribution in [1.82, 2.24) is 5.32 Å². The van der Waals surface area contributed by atoms with E-state index in [0.717, 1.165) is 38.1 Å². The summed E-state index contributed by atoms with van der Waals surface area (Å²) in [6.07, 6.45) is 7.67. The van der Waals surface area contributed by atoms with Crippen LogP contribution in [0, 0.1) is 0 Å². The Balaban J connectivity index is 2.44. The van der Waals surface area contributed by atoms with Gasteiger partial charge in [-0.05, 0) is 38.6 Å². The van der Waals surface area contributed by atoms with Gasteiger partial charge in [0.2, 0.25) is 0 Å². The van der Waals surface area contributed by atoms with Crippen LogP contribution in [-0.4, -0.2) is 18.0 Å². The summed E-state index contributed by atoms with van der Waals surface area (Å²) in [5.41, 5.74) is 1.29. The van der Waals surface area contributed by atoms with Gasteiger partial charge < -0.3 is 5.32 Å². The number of rotatable bonds is 6. The molecular weight excluding hydrogens is 194 g/mol. The van der Waals surface area contributed by atoms with Crippen molar-refractivity contribution in [2.75, 3.05) is 12.4 Å². The maximum Gasteiger partial charge on any atom is 0.0575 e. The van der Waals surface area contributed by atoms with Gasteiger partial charge >= 0.3 is 0 Å². The standard InChI is InChI=1S/C12H20ClN/c1-3-12(8-6-10-14-12)11(2)7-4-5-9-13/h3,14H,1-2,4-10H2. The quantitative estimate of drug-likeness (QED) is 0.406. The van der Waals surface area contributed by atoms with Gasteiger partial charge in [-0.25, -0.2) is 0 Å². The maximum absolute atomic E-state index is 5.65. The van der Waals surface area contributed by atoms with Gasteiger partial charge in [0.05, 0.1) is 5.54 Å². The number of unbranched alkanes of at least 4 members (excludes halogenated alkanes) is 1. The fourth-order valence-corrected chi connectivity index (χ4v) is 2.23. The van der Waals surface area contributed by atoms with Gasteiger partial charge in [-0.3, -0.25) is 0 Å². The molecule has 80 valence electrons. The lowest BCUT2D eigenvalue weighted by Crippen LogP contribution is -2.39. The van der Waals surface area contributed by atoms with Crippen molar-refractivity contribution in [2.45, 2.75) is 37.6 Å². The molecule has 0 aromatic rings. The molecule has 14 heavy (non-hydrogen) atoms. The van der Waals surface area contributed by atoms with Crippen LogP contribution in [0.15, 0.2) is 24.8 Å². The lowest BCUT2D eigenvalue weighted by Gasteiger charge is -2.28. The Hall–Kier alpha value is -0.270. The molecule has 1 saturated heterocycles. The molecule has 1 atom stereocenters. The second-order valence-corrected chi connectivity index (χ2v) is 4.33. The van der Waals surface area contributed by atoms with Crippen LogP contribution >= 0.6 is 11.6 Å². The van der Waals surface area contributed by atoms with Crippen molar-refractivity contribution in [3.05, 3.63) is 24.8 Å². The zero-order valence-corrected chi connectivity index (χ0v) is 9.58. The minimum absolute atomic E-state index is 0.0202. The molecular formula is C12H20ClN. The van der Waals surface area contributed by atoms with E-state index in [2.05, 4.69) is 18.5 Å². The van der Waals surface area contributed by atoms with Gasteiger partial charge in [-0.1, -0.05) is 18.2 Å². The molecule has 1 aliphatic heterocycles. The largest absolute Gasteiger partial charge is 0.304 e. The van der Waals surface area contributed by atoms with Gasteiger partial charge in [0.1, 0.15) is 0 Å². The van der Waals surface area contributed by atoms with Crippen molar-refractivity contribution in [2.24, 2.45) is 0 Å². The molecule has 1 aliphatic rings. The first-order valence-corrected chi connectivity index (χ1v) is 5.91. The van der Waals surface area contributed by atoms with Gasteiger partial charge in [0.25, 0.3) is 0 Å². The first-order valence-electron chi connectivity index (χ1n) is 5.38. The molecule has 1 N–H and O–H groups in total. The molecule has 1 rings (SSSR count). The molecule has 0 aliphatic carbocycles. The van der Waals surface area contributed by atoms with Gasteiger partial charge in [-0.2, -0.15) is 0 Å². The van der Waals surface area contributed by atoms with Crippen molar-refractivity contribution in [3.63, 3.8) is 0 Å². The number of hydrogen-bond acceptors (Lipinski definition) is 1. The molecule has 0 aromatic carbocycles. The summed E-state index contributed by atoms with van der Waals surface area (Å²) in [5, 5.41) is 3.50. The van der Waals surface area contributed by atoms with Gasteiger partial charge in [-0.15, -0.1) is 18.2 Å². The second kappa shape index (κ2) is 5.57. The van der Waals surface area contributed by atoms with Crippen molar-refractivity contribution in [3.8, 4) is 0 Å². The average Bonchev–Trinajstić information content (AvgIpc) is 2.67. The Morgan fingerprint density at radius 3 is 2.79 bits per heavy atom. The zero-order chi connectivity index (χ0) is 10.4. The fraction of sp³-hybridized carbons (Fsp3) is 0.667. The van der Waals surface area contributed by atoms with Crippen LogP contribution < -0.4 is 5.32 Å². The molecule has 0 bridgehead atoms. The molecule has 2 heteroatoms. The van der Waals surface area contributed by atoms with Crippen LogP contribution in [-0.2, 0) is 0 Å². The SMILES string of the molecule is C=CC1(C(=C)CCCCCl)CCCN1. The van der Waals surface area contributed by atoms with Gasteiger partial charge in [0.15, 0.2) is 0 Å². The van der Waals surface area contributed by atoms with Crippen LogP contribution in [0.2, 0.25) is 0 Å². The molecule has 0 radical (unpaired) electrons. The summed E-state index contributed by atoms with van der Waals surface area (Å²) in [5.74, 6) is 0.752. The molecule has 0 spiro atoms. The van der Waals surface area contributed by atoms with E-state index in [4.69, 9.17) is 11.6 Å². The molecule has 0 saturated carbocycles. The fourth-order valence-electron chi connectivity index (χ4n) is 2.04. The Morgan fingerprint density at radius 2 is 2.29 bits per heavy atom. The Bertz CT molecular complexity index is 204. The number of hydrogen-bond donors (Lipinski definition) is 1. The number of halogens is 1. The molecule has 0 aromatic heterocycles. The third-order valence-corrected chi connectivity index (χ3v) is 3.30. The molecule has 1 fully saturated rings. The molecule has 1 heterocycles. The summed E-state index contributed by atoms with van der Waals surface area (Å²) in [7, 11) is 0. The molecule has 0 amide bonds. The minimum Gasteiger partial charge on any atom is -0.304 e. The highest BCUT2D eigenvalue weighted by Crippen LogP contribution is 2.30. The molecule has 1 unspecified atom stereocenters. The van der Waals surface area contributed by atoms with E-state index in [-0.39, 0.29) is 5.54 Å². The lowest BCUT2D eigenvalue weighted by molar-refractivity contribution is 0.523. The topological polar surface area (TPSA) is 12.0 Å². The van der Waals surface area contributed by atoms with E-state index in [9.17, 15) is 0 Å². The lowest BCUT2D eigenvalue weighted by atomic mass is 9.86. The van der Waals surface area contributed by atoms with Crippen LogP contribution in [0.5, 0.6) is 0 Å². The first kappa shape index (κ1) is 11.8. The summed E-state index contributed by atoms with van der Waals surface area (Å²) in [4.78, 5) is 0. The van der Waals surface area contributed by atoms with Crippen LogP contribution in [0.4, 0.5) is 0 Å². The van der Waals surface area contributed by atoms with Crippen molar-refractivity contribution in [1.29, 1.82) is 0 Å². The minimum atomic E-state index is 0.0202. The Kier molecular flexibility index (Phi) is 4.70. The first-order chi connectivity index (χ1) is 6.75. The van der Waals surface area contributed by atoms with Crippen molar-refractivity contribution < 1.29 is 0 Å². The predicted octanol–water partition coefficient (Wildman–Crippen LogP) is 3.26. The van der Waals surface area contributed by atoms with Crippen LogP contribution in [0.3, 0.4) is 0 Å². The Morgan fingerprint density at radius 1 is 1.50 bits per heavy atom. The average molecular weight is 214 g/mol. The summed E-state index contributed by atoms with van der Waals surface area (Å²) in [6.45, 7) is 9.17. The van der Waals surface area contributed by atoms with E-state index in [1.165, 1.54) is 12.0 Å². The summed E-state index contributed by atoms with van der Waals surface area (Å²) < 4.78 is 0. The van der Waals surface area contributed by atoms with E-state index in [1.54, 1.807) is 0 Å². The van der Waals surface area contributed by atoms with E-state index >= 15 is 0 Å². The summed E-state index contributed by atoms with van der Waals surface area (Å²) in [6, 6.07) is 0. The van der Waals surface area contributed by atoms with E-state index in [0.29, 0.717) is 0 Å². The monoisotopic (exact) mass is 213 g/mol. The number of alkyl halides is 1. The van der Waals surface area contributed by atoms with Crippen molar-refractivity contribution >= 4 is 11.6 Å².